The van der Waals surface area contributed by atoms with Crippen molar-refractivity contribution in [3.8, 4) is 0 Å². The molecule has 6 heteroatoms. The summed E-state index contributed by atoms with van der Waals surface area (Å²) < 4.78 is 14.4. The normalized spacial score (nSPS) is 24.3. The second-order valence-corrected chi connectivity index (χ2v) is 5.35. The van der Waals surface area contributed by atoms with Crippen LogP contribution in [0.5, 0.6) is 0 Å². The molecule has 0 saturated carbocycles. The van der Waals surface area contributed by atoms with Gasteiger partial charge >= 0.3 is 0 Å². The van der Waals surface area contributed by atoms with E-state index in [9.17, 15) is 4.39 Å². The fraction of sp³-hybridized carbons (Fsp3) is 0.200. The number of amidine groups is 1. The van der Waals surface area contributed by atoms with E-state index in [0.717, 1.165) is 0 Å². The van der Waals surface area contributed by atoms with E-state index in [1.54, 1.807) is 19.1 Å². The average Bonchev–Trinajstić information content (AvgIpc) is 2.21. The number of nitrogens with zero attached hydrogens (tertiary/aromatic N) is 2. The molecule has 0 fully saturated rings. The Morgan fingerprint density at radius 1 is 1.56 bits per heavy atom. The summed E-state index contributed by atoms with van der Waals surface area (Å²) in [7, 11) is 0. The molecule has 2 rings (SSSR count). The zero-order chi connectivity index (χ0) is 11.8. The van der Waals surface area contributed by atoms with Crippen molar-refractivity contribution in [1.82, 2.24) is 4.98 Å². The molecule has 84 valence electrons. The minimum atomic E-state index is -0.782. The molecule has 0 bridgehead atoms. The lowest BCUT2D eigenvalue weighted by molar-refractivity contribution is 0.516. The van der Waals surface area contributed by atoms with E-state index in [0.29, 0.717) is 15.2 Å². The van der Waals surface area contributed by atoms with Crippen molar-refractivity contribution in [2.24, 2.45) is 10.7 Å². The standard InChI is InChI=1S/C10H9BrFN3S/c1-10(2-3-16-9(13)15-10)7-4-6(11)5-14-8(7)12/h2-5H,1H3,(H2,13,15)/t10-/m0/s1. The Balaban J connectivity index is 2.54. The smallest absolute Gasteiger partial charge is 0.218 e. The first-order chi connectivity index (χ1) is 7.51. The van der Waals surface area contributed by atoms with Crippen LogP contribution in [0, 0.1) is 5.95 Å². The van der Waals surface area contributed by atoms with E-state index in [1.165, 1.54) is 18.0 Å². The Morgan fingerprint density at radius 3 is 3.00 bits per heavy atom. The molecule has 2 N–H and O–H groups in total. The Hall–Kier alpha value is -0.880. The molecular formula is C10H9BrFN3S. The van der Waals surface area contributed by atoms with Crippen LogP contribution in [-0.4, -0.2) is 10.2 Å². The molecule has 2 heterocycles. The fourth-order valence-corrected chi connectivity index (χ4v) is 2.50. The fourth-order valence-electron chi connectivity index (χ4n) is 1.46. The first-order valence-corrected chi connectivity index (χ1v) is 6.20. The molecule has 1 aliphatic rings. The van der Waals surface area contributed by atoms with Crippen LogP contribution in [0.15, 0.2) is 33.2 Å². The Bertz CT molecular complexity index is 489. The van der Waals surface area contributed by atoms with Crippen LogP contribution in [0.2, 0.25) is 0 Å². The van der Waals surface area contributed by atoms with E-state index in [2.05, 4.69) is 25.9 Å². The van der Waals surface area contributed by atoms with Gasteiger partial charge in [0.25, 0.3) is 0 Å². The Kier molecular flexibility index (Phi) is 3.03. The number of aliphatic imine (C=N–C) groups is 1. The zero-order valence-electron chi connectivity index (χ0n) is 8.45. The maximum absolute atomic E-state index is 13.6. The predicted molar refractivity (Wildman–Crippen MR) is 67.6 cm³/mol. The van der Waals surface area contributed by atoms with Crippen molar-refractivity contribution in [2.75, 3.05) is 0 Å². The van der Waals surface area contributed by atoms with Gasteiger partial charge in [0, 0.05) is 16.2 Å². The van der Waals surface area contributed by atoms with Crippen LogP contribution in [0.25, 0.3) is 0 Å². The van der Waals surface area contributed by atoms with E-state index in [4.69, 9.17) is 5.73 Å². The van der Waals surface area contributed by atoms with E-state index in [-0.39, 0.29) is 0 Å². The summed E-state index contributed by atoms with van der Waals surface area (Å²) in [4.78, 5) is 7.92. The molecule has 3 nitrogen and oxygen atoms in total. The van der Waals surface area contributed by atoms with Crippen molar-refractivity contribution in [3.05, 3.63) is 39.7 Å². The van der Waals surface area contributed by atoms with Crippen molar-refractivity contribution in [1.29, 1.82) is 0 Å². The van der Waals surface area contributed by atoms with Crippen LogP contribution in [0.4, 0.5) is 4.39 Å². The Labute approximate surface area is 105 Å². The largest absolute Gasteiger partial charge is 0.378 e. The van der Waals surface area contributed by atoms with E-state index < -0.39 is 11.5 Å². The van der Waals surface area contributed by atoms with Gasteiger partial charge in [-0.25, -0.2) is 9.98 Å². The number of hydrogen-bond donors (Lipinski definition) is 1. The molecule has 1 aliphatic heterocycles. The summed E-state index contributed by atoms with van der Waals surface area (Å²) in [6.07, 6.45) is 3.22. The number of halogens is 2. The maximum Gasteiger partial charge on any atom is 0.218 e. The van der Waals surface area contributed by atoms with Gasteiger partial charge in [-0.05, 0) is 40.4 Å². The van der Waals surface area contributed by atoms with Crippen LogP contribution in [0.1, 0.15) is 12.5 Å². The third-order valence-corrected chi connectivity index (χ3v) is 3.31. The van der Waals surface area contributed by atoms with Gasteiger partial charge in [0.15, 0.2) is 5.17 Å². The quantitative estimate of drug-likeness (QED) is 0.812. The molecule has 0 radical (unpaired) electrons. The number of pyridine rings is 1. The number of rotatable bonds is 1. The summed E-state index contributed by atoms with van der Waals surface area (Å²) >= 11 is 4.58. The first-order valence-electron chi connectivity index (χ1n) is 4.52. The highest BCUT2D eigenvalue weighted by Gasteiger charge is 2.29. The molecule has 1 atom stereocenters. The summed E-state index contributed by atoms with van der Waals surface area (Å²) in [5, 5.41) is 2.23. The minimum absolute atomic E-state index is 0.404. The second kappa shape index (κ2) is 4.18. The number of aromatic nitrogens is 1. The molecule has 1 aromatic heterocycles. The topological polar surface area (TPSA) is 51.3 Å². The summed E-state index contributed by atoms with van der Waals surface area (Å²) in [6, 6.07) is 1.67. The summed E-state index contributed by atoms with van der Waals surface area (Å²) in [5.41, 5.74) is 5.27. The van der Waals surface area contributed by atoms with Crippen molar-refractivity contribution in [3.63, 3.8) is 0 Å². The second-order valence-electron chi connectivity index (χ2n) is 3.51. The van der Waals surface area contributed by atoms with Gasteiger partial charge in [0.05, 0.1) is 0 Å². The van der Waals surface area contributed by atoms with E-state index >= 15 is 0 Å². The molecule has 16 heavy (non-hydrogen) atoms. The van der Waals surface area contributed by atoms with E-state index in [1.807, 2.05) is 5.41 Å². The lowest BCUT2D eigenvalue weighted by Crippen LogP contribution is -2.25. The molecule has 0 aromatic carbocycles. The SMILES string of the molecule is C[C@@]1(c2cc(Br)cnc2F)C=CSC(N)=N1. The molecular weight excluding hydrogens is 293 g/mol. The monoisotopic (exact) mass is 301 g/mol. The highest BCUT2D eigenvalue weighted by atomic mass is 79.9. The van der Waals surface area contributed by atoms with Crippen LogP contribution in [0.3, 0.4) is 0 Å². The molecule has 0 unspecified atom stereocenters. The highest BCUT2D eigenvalue weighted by Crippen LogP contribution is 2.34. The van der Waals surface area contributed by atoms with Crippen molar-refractivity contribution >= 4 is 32.9 Å². The van der Waals surface area contributed by atoms with Crippen molar-refractivity contribution in [2.45, 2.75) is 12.5 Å². The lowest BCUT2D eigenvalue weighted by atomic mass is 9.94. The first kappa shape index (κ1) is 11.6. The van der Waals surface area contributed by atoms with Crippen molar-refractivity contribution < 1.29 is 4.39 Å². The maximum atomic E-state index is 13.6. The molecule has 1 aromatic rings. The summed E-state index contributed by atoms with van der Waals surface area (Å²) in [5.74, 6) is -0.529. The van der Waals surface area contributed by atoms with Gasteiger partial charge in [0.2, 0.25) is 5.95 Å². The van der Waals surface area contributed by atoms with Gasteiger partial charge in [-0.1, -0.05) is 11.8 Å². The molecule has 0 amide bonds. The highest BCUT2D eigenvalue weighted by molar-refractivity contribution is 9.10. The Morgan fingerprint density at radius 2 is 2.31 bits per heavy atom. The van der Waals surface area contributed by atoms with Crippen LogP contribution >= 0.6 is 27.7 Å². The molecule has 0 aliphatic carbocycles. The third kappa shape index (κ3) is 2.12. The molecule has 0 spiro atoms. The lowest BCUT2D eigenvalue weighted by Gasteiger charge is -2.25. The van der Waals surface area contributed by atoms with Gasteiger partial charge < -0.3 is 5.73 Å². The minimum Gasteiger partial charge on any atom is -0.378 e. The van der Waals surface area contributed by atoms with Crippen LogP contribution < -0.4 is 5.73 Å². The van der Waals surface area contributed by atoms with Gasteiger partial charge in [0.1, 0.15) is 5.54 Å². The number of thioether (sulfide) groups is 1. The summed E-state index contributed by atoms with van der Waals surface area (Å²) in [6.45, 7) is 1.79. The third-order valence-electron chi connectivity index (χ3n) is 2.27. The van der Waals surface area contributed by atoms with Gasteiger partial charge in [-0.3, -0.25) is 0 Å². The number of hydrogen-bond acceptors (Lipinski definition) is 4. The van der Waals surface area contributed by atoms with Gasteiger partial charge in [-0.2, -0.15) is 4.39 Å². The molecule has 0 saturated heterocycles. The van der Waals surface area contributed by atoms with Crippen LogP contribution in [-0.2, 0) is 5.54 Å². The zero-order valence-corrected chi connectivity index (χ0v) is 10.8. The number of nitrogens with two attached hydrogens (primary N) is 1. The predicted octanol–water partition coefficient (Wildman–Crippen LogP) is 2.77. The average molecular weight is 302 g/mol. The van der Waals surface area contributed by atoms with Gasteiger partial charge in [-0.15, -0.1) is 0 Å².